The number of hydrogen-bond donors (Lipinski definition) is 2. The minimum absolute atomic E-state index is 0. The number of amides is 2. The van der Waals surface area contributed by atoms with Crippen LogP contribution in [0.5, 0.6) is 0 Å². The number of urea groups is 1. The third-order valence-corrected chi connectivity index (χ3v) is 2.61. The maximum atomic E-state index is 11.2. The lowest BCUT2D eigenvalue weighted by atomic mass is 9.97. The molecule has 1 aliphatic rings. The predicted molar refractivity (Wildman–Crippen MR) is 59.9 cm³/mol. The van der Waals surface area contributed by atoms with Gasteiger partial charge in [0.1, 0.15) is 0 Å². The number of carbonyl (C=O) groups is 1. The lowest BCUT2D eigenvalue weighted by Gasteiger charge is -2.31. The molecule has 1 rings (SSSR count). The lowest BCUT2D eigenvalue weighted by molar-refractivity contribution is 0.172. The highest BCUT2D eigenvalue weighted by molar-refractivity contribution is 5.85. The molecule has 0 aromatic rings. The van der Waals surface area contributed by atoms with Gasteiger partial charge in [0.25, 0.3) is 0 Å². The normalized spacial score (nSPS) is 17.4. The van der Waals surface area contributed by atoms with Gasteiger partial charge in [-0.25, -0.2) is 4.79 Å². The van der Waals surface area contributed by atoms with Crippen molar-refractivity contribution in [3.63, 3.8) is 0 Å². The minimum atomic E-state index is 0. The molecule has 5 heteroatoms. The van der Waals surface area contributed by atoms with Gasteiger partial charge in [0.05, 0.1) is 0 Å². The summed E-state index contributed by atoms with van der Waals surface area (Å²) in [5.41, 5.74) is 0. The predicted octanol–water partition coefficient (Wildman–Crippen LogP) is 0.679. The van der Waals surface area contributed by atoms with Crippen LogP contribution < -0.4 is 10.6 Å². The quantitative estimate of drug-likeness (QED) is 0.721. The zero-order chi connectivity index (χ0) is 9.68. The summed E-state index contributed by atoms with van der Waals surface area (Å²) in [6.07, 6.45) is 2.24. The van der Waals surface area contributed by atoms with Gasteiger partial charge in [0, 0.05) is 20.1 Å². The Labute approximate surface area is 91.8 Å². The van der Waals surface area contributed by atoms with E-state index in [2.05, 4.69) is 10.6 Å². The van der Waals surface area contributed by atoms with Crippen LogP contribution in [0.4, 0.5) is 4.79 Å². The first-order valence-electron chi connectivity index (χ1n) is 4.89. The topological polar surface area (TPSA) is 44.4 Å². The van der Waals surface area contributed by atoms with E-state index in [0.717, 1.165) is 38.4 Å². The second-order valence-electron chi connectivity index (χ2n) is 3.54. The van der Waals surface area contributed by atoms with Crippen LogP contribution in [-0.4, -0.2) is 44.7 Å². The highest BCUT2D eigenvalue weighted by atomic mass is 35.5. The first-order chi connectivity index (χ1) is 6.27. The van der Waals surface area contributed by atoms with Crippen molar-refractivity contribution in [1.82, 2.24) is 15.5 Å². The molecule has 0 unspecified atom stereocenters. The van der Waals surface area contributed by atoms with E-state index >= 15 is 0 Å². The Morgan fingerprint density at radius 3 is 2.36 bits per heavy atom. The molecule has 0 radical (unpaired) electrons. The minimum Gasteiger partial charge on any atom is -0.341 e. The zero-order valence-electron chi connectivity index (χ0n) is 8.88. The second kappa shape index (κ2) is 6.90. The monoisotopic (exact) mass is 221 g/mol. The number of likely N-dealkylation sites (tertiary alicyclic amines) is 1. The van der Waals surface area contributed by atoms with Crippen LogP contribution in [0.1, 0.15) is 12.8 Å². The van der Waals surface area contributed by atoms with Crippen LogP contribution >= 0.6 is 12.4 Å². The van der Waals surface area contributed by atoms with Crippen molar-refractivity contribution in [2.45, 2.75) is 12.8 Å². The Kier molecular flexibility index (Phi) is 6.66. The summed E-state index contributed by atoms with van der Waals surface area (Å²) in [7, 11) is 3.66. The van der Waals surface area contributed by atoms with E-state index in [-0.39, 0.29) is 18.4 Å². The fourth-order valence-corrected chi connectivity index (χ4v) is 1.79. The summed E-state index contributed by atoms with van der Waals surface area (Å²) in [6.45, 7) is 2.86. The van der Waals surface area contributed by atoms with Gasteiger partial charge >= 0.3 is 6.03 Å². The Balaban J connectivity index is 0.00000169. The largest absolute Gasteiger partial charge is 0.341 e. The first-order valence-corrected chi connectivity index (χ1v) is 4.89. The Morgan fingerprint density at radius 1 is 1.36 bits per heavy atom. The third kappa shape index (κ3) is 3.72. The van der Waals surface area contributed by atoms with E-state index in [9.17, 15) is 4.79 Å². The third-order valence-electron chi connectivity index (χ3n) is 2.61. The van der Waals surface area contributed by atoms with E-state index in [1.54, 1.807) is 7.05 Å². The van der Waals surface area contributed by atoms with Crippen LogP contribution in [0, 0.1) is 5.92 Å². The fraction of sp³-hybridized carbons (Fsp3) is 0.889. The summed E-state index contributed by atoms with van der Waals surface area (Å²) < 4.78 is 0. The molecular formula is C9H20ClN3O. The van der Waals surface area contributed by atoms with Crippen molar-refractivity contribution < 1.29 is 4.79 Å². The molecule has 0 aromatic carbocycles. The number of hydrogen-bond acceptors (Lipinski definition) is 2. The average Bonchev–Trinajstić information content (AvgIpc) is 2.18. The summed E-state index contributed by atoms with van der Waals surface area (Å²) in [5, 5.41) is 5.83. The standard InChI is InChI=1S/C9H19N3O.ClH/c1-10-7-8-3-5-12(6-4-8)9(13)11-2;/h8,10H,3-7H2,1-2H3,(H,11,13);1H. The van der Waals surface area contributed by atoms with E-state index < -0.39 is 0 Å². The molecule has 0 atom stereocenters. The van der Waals surface area contributed by atoms with Crippen LogP contribution in [0.2, 0.25) is 0 Å². The van der Waals surface area contributed by atoms with Crippen molar-refractivity contribution in [3.8, 4) is 0 Å². The van der Waals surface area contributed by atoms with Gasteiger partial charge in [-0.1, -0.05) is 0 Å². The Hall–Kier alpha value is -0.480. The van der Waals surface area contributed by atoms with Gasteiger partial charge in [-0.15, -0.1) is 12.4 Å². The number of nitrogens with zero attached hydrogens (tertiary/aromatic N) is 1. The molecule has 1 heterocycles. The lowest BCUT2D eigenvalue weighted by Crippen LogP contribution is -2.44. The molecule has 4 nitrogen and oxygen atoms in total. The second-order valence-corrected chi connectivity index (χ2v) is 3.54. The fourth-order valence-electron chi connectivity index (χ4n) is 1.79. The first kappa shape index (κ1) is 13.5. The van der Waals surface area contributed by atoms with Gasteiger partial charge in [-0.2, -0.15) is 0 Å². The summed E-state index contributed by atoms with van der Waals surface area (Å²) in [6, 6.07) is 0.0582. The van der Waals surface area contributed by atoms with E-state index in [0.29, 0.717) is 0 Å². The molecule has 1 aliphatic heterocycles. The highest BCUT2D eigenvalue weighted by Gasteiger charge is 2.21. The molecule has 2 N–H and O–H groups in total. The Morgan fingerprint density at radius 2 is 1.93 bits per heavy atom. The Bertz CT molecular complexity index is 169. The zero-order valence-corrected chi connectivity index (χ0v) is 9.69. The van der Waals surface area contributed by atoms with Crippen LogP contribution in [0.25, 0.3) is 0 Å². The van der Waals surface area contributed by atoms with Gasteiger partial charge in [-0.3, -0.25) is 0 Å². The maximum absolute atomic E-state index is 11.2. The number of nitrogens with one attached hydrogen (secondary N) is 2. The highest BCUT2D eigenvalue weighted by Crippen LogP contribution is 2.15. The smallest absolute Gasteiger partial charge is 0.317 e. The van der Waals surface area contributed by atoms with Crippen LogP contribution in [0.15, 0.2) is 0 Å². The van der Waals surface area contributed by atoms with Crippen LogP contribution in [0.3, 0.4) is 0 Å². The van der Waals surface area contributed by atoms with Crippen LogP contribution in [-0.2, 0) is 0 Å². The molecule has 0 aliphatic carbocycles. The molecule has 84 valence electrons. The van der Waals surface area contributed by atoms with Crippen molar-refractivity contribution in [2.24, 2.45) is 5.92 Å². The summed E-state index contributed by atoms with van der Waals surface area (Å²) in [5.74, 6) is 0.742. The van der Waals surface area contributed by atoms with Crippen molar-refractivity contribution in [1.29, 1.82) is 0 Å². The molecule has 2 amide bonds. The SMILES string of the molecule is CNCC1CCN(C(=O)NC)CC1.Cl. The van der Waals surface area contributed by atoms with Gasteiger partial charge in [-0.05, 0) is 32.4 Å². The summed E-state index contributed by atoms with van der Waals surface area (Å²) >= 11 is 0. The molecular weight excluding hydrogens is 202 g/mol. The van der Waals surface area contributed by atoms with E-state index in [1.807, 2.05) is 11.9 Å². The number of halogens is 1. The number of rotatable bonds is 2. The number of carbonyl (C=O) groups excluding carboxylic acids is 1. The molecule has 1 fully saturated rings. The van der Waals surface area contributed by atoms with Crippen molar-refractivity contribution in [2.75, 3.05) is 33.7 Å². The van der Waals surface area contributed by atoms with Crippen molar-refractivity contribution in [3.05, 3.63) is 0 Å². The van der Waals surface area contributed by atoms with Gasteiger partial charge in [0.2, 0.25) is 0 Å². The maximum Gasteiger partial charge on any atom is 0.317 e. The summed E-state index contributed by atoms with van der Waals surface area (Å²) in [4.78, 5) is 13.1. The average molecular weight is 222 g/mol. The van der Waals surface area contributed by atoms with E-state index in [1.165, 1.54) is 0 Å². The molecule has 14 heavy (non-hydrogen) atoms. The molecule has 0 spiro atoms. The van der Waals surface area contributed by atoms with E-state index in [4.69, 9.17) is 0 Å². The molecule has 1 saturated heterocycles. The van der Waals surface area contributed by atoms with Gasteiger partial charge < -0.3 is 15.5 Å². The molecule has 0 bridgehead atoms. The molecule has 0 aromatic heterocycles. The van der Waals surface area contributed by atoms with Crippen molar-refractivity contribution >= 4 is 18.4 Å². The van der Waals surface area contributed by atoms with Gasteiger partial charge in [0.15, 0.2) is 0 Å². The molecule has 0 saturated carbocycles. The number of piperidine rings is 1.